The summed E-state index contributed by atoms with van der Waals surface area (Å²) in [6.07, 6.45) is 1.38. The Morgan fingerprint density at radius 1 is 1.04 bits per heavy atom. The number of aromatic nitrogens is 3. The molecule has 0 aliphatic carbocycles. The SMILES string of the molecule is NCc1ccc(-c2ncnc3c2[nH]c2cc(F)cc(F)c23)cc1. The maximum Gasteiger partial charge on any atom is 0.137 e. The normalized spacial score (nSPS) is 11.4. The molecule has 0 spiro atoms. The van der Waals surface area contributed by atoms with Gasteiger partial charge in [0, 0.05) is 18.2 Å². The van der Waals surface area contributed by atoms with Crippen molar-refractivity contribution in [2.45, 2.75) is 6.54 Å². The van der Waals surface area contributed by atoms with E-state index in [0.717, 1.165) is 17.2 Å². The molecule has 4 rings (SSSR count). The highest BCUT2D eigenvalue weighted by Gasteiger charge is 2.16. The van der Waals surface area contributed by atoms with Crippen molar-refractivity contribution in [2.75, 3.05) is 0 Å². The third-order valence-electron chi connectivity index (χ3n) is 3.86. The van der Waals surface area contributed by atoms with Gasteiger partial charge in [0.05, 0.1) is 22.1 Å². The van der Waals surface area contributed by atoms with Crippen LogP contribution in [0.5, 0.6) is 0 Å². The minimum Gasteiger partial charge on any atom is -0.351 e. The summed E-state index contributed by atoms with van der Waals surface area (Å²) in [6.45, 7) is 0.455. The molecule has 2 heterocycles. The Balaban J connectivity index is 2.02. The second-order valence-electron chi connectivity index (χ2n) is 5.28. The quantitative estimate of drug-likeness (QED) is 0.595. The zero-order valence-corrected chi connectivity index (χ0v) is 12.0. The number of nitrogens with zero attached hydrogens (tertiary/aromatic N) is 2. The summed E-state index contributed by atoms with van der Waals surface area (Å²) in [5, 5.41) is 0.267. The molecule has 0 atom stereocenters. The number of fused-ring (bicyclic) bond motifs is 3. The van der Waals surface area contributed by atoms with Gasteiger partial charge in [-0.2, -0.15) is 0 Å². The average molecular weight is 310 g/mol. The highest BCUT2D eigenvalue weighted by Crippen LogP contribution is 2.32. The number of rotatable bonds is 2. The zero-order valence-electron chi connectivity index (χ0n) is 12.0. The number of nitrogens with two attached hydrogens (primary N) is 1. The first-order valence-corrected chi connectivity index (χ1v) is 7.08. The van der Waals surface area contributed by atoms with Gasteiger partial charge in [-0.3, -0.25) is 0 Å². The molecular formula is C17H12F2N4. The van der Waals surface area contributed by atoms with Gasteiger partial charge in [-0.15, -0.1) is 0 Å². The van der Waals surface area contributed by atoms with Gasteiger partial charge in [-0.1, -0.05) is 24.3 Å². The van der Waals surface area contributed by atoms with E-state index in [-0.39, 0.29) is 5.39 Å². The van der Waals surface area contributed by atoms with Crippen molar-refractivity contribution in [3.63, 3.8) is 0 Å². The molecule has 0 fully saturated rings. The fraction of sp³-hybridized carbons (Fsp3) is 0.0588. The number of nitrogens with one attached hydrogen (secondary N) is 1. The summed E-state index contributed by atoms with van der Waals surface area (Å²) in [6, 6.07) is 9.71. The lowest BCUT2D eigenvalue weighted by Crippen LogP contribution is -1.95. The van der Waals surface area contributed by atoms with Crippen LogP contribution in [0.2, 0.25) is 0 Å². The van der Waals surface area contributed by atoms with Crippen LogP contribution in [0.4, 0.5) is 8.78 Å². The number of H-pyrrole nitrogens is 1. The minimum absolute atomic E-state index is 0.267. The Hall–Kier alpha value is -2.86. The second kappa shape index (κ2) is 5.10. The number of hydrogen-bond donors (Lipinski definition) is 2. The largest absolute Gasteiger partial charge is 0.351 e. The van der Waals surface area contributed by atoms with Crippen LogP contribution in [0.3, 0.4) is 0 Å². The molecule has 23 heavy (non-hydrogen) atoms. The number of hydrogen-bond acceptors (Lipinski definition) is 3. The van der Waals surface area contributed by atoms with Crippen molar-refractivity contribution in [1.29, 1.82) is 0 Å². The van der Waals surface area contributed by atoms with Crippen LogP contribution in [0.1, 0.15) is 5.56 Å². The third kappa shape index (κ3) is 2.15. The highest BCUT2D eigenvalue weighted by molar-refractivity contribution is 6.08. The zero-order chi connectivity index (χ0) is 16.0. The molecule has 6 heteroatoms. The fourth-order valence-corrected chi connectivity index (χ4v) is 2.76. The Bertz CT molecular complexity index is 1020. The van der Waals surface area contributed by atoms with Gasteiger partial charge in [-0.25, -0.2) is 18.7 Å². The van der Waals surface area contributed by atoms with Crippen molar-refractivity contribution in [3.05, 3.63) is 59.9 Å². The molecule has 3 N–H and O–H groups in total. The summed E-state index contributed by atoms with van der Waals surface area (Å²) in [4.78, 5) is 11.5. The van der Waals surface area contributed by atoms with Crippen molar-refractivity contribution < 1.29 is 8.78 Å². The molecule has 0 unspecified atom stereocenters. The molecular weight excluding hydrogens is 298 g/mol. The maximum absolute atomic E-state index is 14.1. The molecule has 0 saturated carbocycles. The lowest BCUT2D eigenvalue weighted by Gasteiger charge is -2.03. The van der Waals surface area contributed by atoms with Gasteiger partial charge >= 0.3 is 0 Å². The van der Waals surface area contributed by atoms with E-state index in [2.05, 4.69) is 15.0 Å². The van der Waals surface area contributed by atoms with Gasteiger partial charge in [-0.05, 0) is 11.6 Å². The summed E-state index contributed by atoms with van der Waals surface area (Å²) in [5.74, 6) is -1.28. The van der Waals surface area contributed by atoms with E-state index in [1.165, 1.54) is 12.4 Å². The smallest absolute Gasteiger partial charge is 0.137 e. The van der Waals surface area contributed by atoms with E-state index in [9.17, 15) is 8.78 Å². The first-order chi connectivity index (χ1) is 11.2. The molecule has 4 nitrogen and oxygen atoms in total. The van der Waals surface area contributed by atoms with E-state index in [1.54, 1.807) is 0 Å². The third-order valence-corrected chi connectivity index (χ3v) is 3.86. The molecule has 2 aromatic heterocycles. The number of halogens is 2. The van der Waals surface area contributed by atoms with Gasteiger partial charge in [0.15, 0.2) is 0 Å². The molecule has 114 valence electrons. The Morgan fingerprint density at radius 2 is 1.83 bits per heavy atom. The first kappa shape index (κ1) is 13.8. The molecule has 2 aromatic carbocycles. The highest BCUT2D eigenvalue weighted by atomic mass is 19.1. The van der Waals surface area contributed by atoms with Crippen LogP contribution >= 0.6 is 0 Å². The Morgan fingerprint density at radius 3 is 2.57 bits per heavy atom. The van der Waals surface area contributed by atoms with Crippen LogP contribution in [-0.2, 0) is 6.54 Å². The lowest BCUT2D eigenvalue weighted by molar-refractivity contribution is 0.592. The van der Waals surface area contributed by atoms with Crippen LogP contribution < -0.4 is 5.73 Å². The monoisotopic (exact) mass is 310 g/mol. The summed E-state index contributed by atoms with van der Waals surface area (Å²) >= 11 is 0. The lowest BCUT2D eigenvalue weighted by atomic mass is 10.1. The van der Waals surface area contributed by atoms with Crippen molar-refractivity contribution in [2.24, 2.45) is 5.73 Å². The van der Waals surface area contributed by atoms with Gasteiger partial charge in [0.1, 0.15) is 23.5 Å². The first-order valence-electron chi connectivity index (χ1n) is 7.08. The fourth-order valence-electron chi connectivity index (χ4n) is 2.76. The predicted molar refractivity (Wildman–Crippen MR) is 84.6 cm³/mol. The molecule has 0 bridgehead atoms. The molecule has 0 aliphatic rings. The van der Waals surface area contributed by atoms with E-state index >= 15 is 0 Å². The molecule has 4 aromatic rings. The van der Waals surface area contributed by atoms with E-state index in [4.69, 9.17) is 5.73 Å². The van der Waals surface area contributed by atoms with E-state index in [1.807, 2.05) is 24.3 Å². The van der Waals surface area contributed by atoms with Crippen molar-refractivity contribution in [3.8, 4) is 11.3 Å². The van der Waals surface area contributed by atoms with Gasteiger partial charge in [0.2, 0.25) is 0 Å². The summed E-state index contributed by atoms with van der Waals surface area (Å²) in [7, 11) is 0. The van der Waals surface area contributed by atoms with E-state index in [0.29, 0.717) is 28.8 Å². The average Bonchev–Trinajstić information content (AvgIpc) is 2.93. The van der Waals surface area contributed by atoms with Crippen molar-refractivity contribution >= 4 is 21.9 Å². The van der Waals surface area contributed by atoms with Crippen LogP contribution in [-0.4, -0.2) is 15.0 Å². The van der Waals surface area contributed by atoms with Crippen molar-refractivity contribution in [1.82, 2.24) is 15.0 Å². The minimum atomic E-state index is -0.644. The summed E-state index contributed by atoms with van der Waals surface area (Å²) < 4.78 is 27.5. The van der Waals surface area contributed by atoms with Crippen LogP contribution in [0.15, 0.2) is 42.7 Å². The second-order valence-corrected chi connectivity index (χ2v) is 5.28. The molecule has 0 aliphatic heterocycles. The topological polar surface area (TPSA) is 67.6 Å². The van der Waals surface area contributed by atoms with Crippen LogP contribution in [0.25, 0.3) is 33.2 Å². The number of aromatic amines is 1. The van der Waals surface area contributed by atoms with Gasteiger partial charge in [0.25, 0.3) is 0 Å². The number of benzene rings is 2. The standard InChI is InChI=1S/C17H12F2N4/c18-11-5-12(19)14-13(6-11)23-17-15(21-8-22-16(14)17)10-3-1-9(7-20)2-4-10/h1-6,8,23H,7,20H2. The summed E-state index contributed by atoms with van der Waals surface area (Å²) in [5.41, 5.74) is 9.46. The Kier molecular flexibility index (Phi) is 3.06. The maximum atomic E-state index is 14.1. The predicted octanol–water partition coefficient (Wildman–Crippen LogP) is 3.52. The van der Waals surface area contributed by atoms with Gasteiger partial charge < -0.3 is 10.7 Å². The molecule has 0 amide bonds. The van der Waals surface area contributed by atoms with E-state index < -0.39 is 11.6 Å². The Labute approximate surface area is 130 Å². The molecule has 0 saturated heterocycles. The molecule has 0 radical (unpaired) electrons. The van der Waals surface area contributed by atoms with Crippen LogP contribution in [0, 0.1) is 11.6 Å².